The van der Waals surface area contributed by atoms with Crippen molar-refractivity contribution < 1.29 is 4.42 Å². The Morgan fingerprint density at radius 2 is 1.96 bits per heavy atom. The van der Waals surface area contributed by atoms with E-state index in [4.69, 9.17) is 4.42 Å². The highest BCUT2D eigenvalue weighted by Crippen LogP contribution is 2.37. The third kappa shape index (κ3) is 2.46. The van der Waals surface area contributed by atoms with E-state index in [0.29, 0.717) is 22.9 Å². The van der Waals surface area contributed by atoms with Crippen molar-refractivity contribution in [1.29, 1.82) is 0 Å². The van der Waals surface area contributed by atoms with E-state index in [-0.39, 0.29) is 0 Å². The molecule has 0 fully saturated rings. The highest BCUT2D eigenvalue weighted by atomic mass is 16.4. The molecule has 6 heteroatoms. The van der Waals surface area contributed by atoms with Crippen molar-refractivity contribution in [3.63, 3.8) is 0 Å². The van der Waals surface area contributed by atoms with Gasteiger partial charge in [0.2, 0.25) is 0 Å². The van der Waals surface area contributed by atoms with Crippen molar-refractivity contribution in [3.05, 3.63) is 84.8 Å². The number of nitrogens with zero attached hydrogens (tertiary/aromatic N) is 2. The predicted octanol–water partition coefficient (Wildman–Crippen LogP) is 2.34. The molecule has 0 saturated carbocycles. The minimum atomic E-state index is -0.443. The van der Waals surface area contributed by atoms with Gasteiger partial charge >= 0.3 is 5.69 Å². The molecule has 1 atom stereocenters. The molecule has 6 nitrogen and oxygen atoms in total. The summed E-state index contributed by atoms with van der Waals surface area (Å²) < 4.78 is 7.08. The molecule has 0 amide bonds. The van der Waals surface area contributed by atoms with Gasteiger partial charge in [0.1, 0.15) is 0 Å². The molecule has 0 saturated heterocycles. The standard InChI is InChI=1S/C19H17N3O3/c1-10-4-6-13-12(8-10)5-7-15-17(20-11(2)25-15)16(13)14-9-22(3)19(24)21-18(14)23/h4-9,16H,1-3H3,(H,21,23,24). The fraction of sp³-hybridized carbons (Fsp3) is 0.211. The van der Waals surface area contributed by atoms with Gasteiger partial charge in [0.15, 0.2) is 11.7 Å². The van der Waals surface area contributed by atoms with Crippen LogP contribution in [0.4, 0.5) is 0 Å². The molecule has 2 aromatic heterocycles. The summed E-state index contributed by atoms with van der Waals surface area (Å²) in [5.74, 6) is 0.759. The van der Waals surface area contributed by atoms with Gasteiger partial charge in [0.05, 0.1) is 11.6 Å². The maximum Gasteiger partial charge on any atom is 0.328 e. The number of aromatic nitrogens is 3. The molecule has 0 bridgehead atoms. The molecule has 4 rings (SSSR count). The Bertz CT molecular complexity index is 1130. The largest absolute Gasteiger partial charge is 0.441 e. The summed E-state index contributed by atoms with van der Waals surface area (Å²) in [5, 5.41) is 0. The Labute approximate surface area is 143 Å². The van der Waals surface area contributed by atoms with Gasteiger partial charge in [0.25, 0.3) is 5.56 Å². The molecule has 25 heavy (non-hydrogen) atoms. The Hall–Kier alpha value is -3.15. The molecule has 0 radical (unpaired) electrons. The van der Waals surface area contributed by atoms with Gasteiger partial charge in [-0.2, -0.15) is 0 Å². The molecule has 1 unspecified atom stereocenters. The summed E-state index contributed by atoms with van der Waals surface area (Å²) in [4.78, 5) is 31.2. The van der Waals surface area contributed by atoms with E-state index in [1.165, 1.54) is 4.57 Å². The van der Waals surface area contributed by atoms with Crippen LogP contribution in [0.1, 0.15) is 45.5 Å². The van der Waals surface area contributed by atoms with Crippen molar-refractivity contribution in [1.82, 2.24) is 14.5 Å². The van der Waals surface area contributed by atoms with E-state index in [1.807, 2.05) is 31.2 Å². The Morgan fingerprint density at radius 3 is 2.76 bits per heavy atom. The summed E-state index contributed by atoms with van der Waals surface area (Å²) in [7, 11) is 1.61. The minimum absolute atomic E-state index is 0.409. The van der Waals surface area contributed by atoms with Crippen LogP contribution in [-0.2, 0) is 7.05 Å². The molecular formula is C19H17N3O3. The van der Waals surface area contributed by atoms with Crippen LogP contribution >= 0.6 is 0 Å². The van der Waals surface area contributed by atoms with E-state index in [2.05, 4.69) is 16.0 Å². The summed E-state index contributed by atoms with van der Waals surface area (Å²) in [6, 6.07) is 6.07. The second kappa shape index (κ2) is 5.44. The van der Waals surface area contributed by atoms with Gasteiger partial charge in [-0.1, -0.05) is 29.8 Å². The number of fused-ring (bicyclic) bond motifs is 2. The lowest BCUT2D eigenvalue weighted by Gasteiger charge is -2.17. The fourth-order valence-electron chi connectivity index (χ4n) is 3.30. The fourth-order valence-corrected chi connectivity index (χ4v) is 3.30. The van der Waals surface area contributed by atoms with Crippen molar-refractivity contribution in [2.24, 2.45) is 7.05 Å². The Morgan fingerprint density at radius 1 is 1.16 bits per heavy atom. The van der Waals surface area contributed by atoms with Gasteiger partial charge < -0.3 is 8.98 Å². The lowest BCUT2D eigenvalue weighted by atomic mass is 9.87. The predicted molar refractivity (Wildman–Crippen MR) is 94.6 cm³/mol. The molecule has 3 aromatic rings. The Kier molecular flexibility index (Phi) is 3.35. The van der Waals surface area contributed by atoms with Crippen LogP contribution in [0.15, 0.2) is 38.4 Å². The topological polar surface area (TPSA) is 80.9 Å². The first-order valence-corrected chi connectivity index (χ1v) is 8.00. The van der Waals surface area contributed by atoms with E-state index in [9.17, 15) is 9.59 Å². The second-order valence-corrected chi connectivity index (χ2v) is 6.34. The minimum Gasteiger partial charge on any atom is -0.441 e. The number of H-pyrrole nitrogens is 1. The number of aromatic amines is 1. The van der Waals surface area contributed by atoms with Crippen LogP contribution in [0.3, 0.4) is 0 Å². The molecule has 1 aromatic carbocycles. The summed E-state index contributed by atoms with van der Waals surface area (Å²) in [5.41, 5.74) is 3.38. The van der Waals surface area contributed by atoms with Crippen LogP contribution in [-0.4, -0.2) is 14.5 Å². The number of hydrogen-bond acceptors (Lipinski definition) is 4. The Balaban J connectivity index is 2.07. The molecule has 126 valence electrons. The average Bonchev–Trinajstić information content (AvgIpc) is 2.86. The van der Waals surface area contributed by atoms with E-state index < -0.39 is 17.2 Å². The zero-order chi connectivity index (χ0) is 17.7. The molecular weight excluding hydrogens is 318 g/mol. The highest BCUT2D eigenvalue weighted by molar-refractivity contribution is 5.75. The van der Waals surface area contributed by atoms with Gasteiger partial charge in [0, 0.05) is 25.7 Å². The van der Waals surface area contributed by atoms with Crippen LogP contribution in [0.5, 0.6) is 0 Å². The van der Waals surface area contributed by atoms with Crippen LogP contribution in [0.2, 0.25) is 0 Å². The van der Waals surface area contributed by atoms with Crippen molar-refractivity contribution in [2.75, 3.05) is 0 Å². The number of aryl methyl sites for hydroxylation is 3. The van der Waals surface area contributed by atoms with E-state index in [0.717, 1.165) is 16.7 Å². The first-order chi connectivity index (χ1) is 11.9. The monoisotopic (exact) mass is 335 g/mol. The number of hydrogen-bond donors (Lipinski definition) is 1. The first kappa shape index (κ1) is 15.4. The van der Waals surface area contributed by atoms with Gasteiger partial charge in [-0.05, 0) is 24.1 Å². The van der Waals surface area contributed by atoms with Crippen molar-refractivity contribution in [2.45, 2.75) is 19.8 Å². The number of nitrogens with one attached hydrogen (secondary N) is 1. The SMILES string of the molecule is Cc1ccc2c(c1)C=Cc1oc(C)nc1C2c1cn(C)c(=O)[nH]c1=O. The third-order valence-corrected chi connectivity index (χ3v) is 4.48. The highest BCUT2D eigenvalue weighted by Gasteiger charge is 2.30. The second-order valence-electron chi connectivity index (χ2n) is 6.34. The molecule has 1 aliphatic carbocycles. The van der Waals surface area contributed by atoms with Crippen LogP contribution < -0.4 is 11.2 Å². The van der Waals surface area contributed by atoms with Crippen molar-refractivity contribution in [3.8, 4) is 0 Å². The zero-order valence-corrected chi connectivity index (χ0v) is 14.2. The quantitative estimate of drug-likeness (QED) is 0.579. The molecule has 0 spiro atoms. The maximum atomic E-state index is 12.5. The zero-order valence-electron chi connectivity index (χ0n) is 14.2. The number of oxazole rings is 1. The summed E-state index contributed by atoms with van der Waals surface area (Å²) in [6.45, 7) is 3.80. The molecule has 1 N–H and O–H groups in total. The van der Waals surface area contributed by atoms with Gasteiger partial charge in [-0.25, -0.2) is 9.78 Å². The van der Waals surface area contributed by atoms with Crippen LogP contribution in [0, 0.1) is 13.8 Å². The molecule has 0 aliphatic heterocycles. The smallest absolute Gasteiger partial charge is 0.328 e. The summed E-state index contributed by atoms with van der Waals surface area (Å²) >= 11 is 0. The van der Waals surface area contributed by atoms with Crippen LogP contribution in [0.25, 0.3) is 12.2 Å². The summed E-state index contributed by atoms with van der Waals surface area (Å²) in [6.07, 6.45) is 5.43. The van der Waals surface area contributed by atoms with E-state index in [1.54, 1.807) is 20.2 Å². The maximum absolute atomic E-state index is 12.5. The number of rotatable bonds is 1. The average molecular weight is 335 g/mol. The van der Waals surface area contributed by atoms with E-state index >= 15 is 0 Å². The lowest BCUT2D eigenvalue weighted by molar-refractivity contribution is 0.512. The first-order valence-electron chi connectivity index (χ1n) is 8.00. The normalized spacial score (nSPS) is 15.6. The van der Waals surface area contributed by atoms with Gasteiger partial charge in [-0.3, -0.25) is 9.78 Å². The third-order valence-electron chi connectivity index (χ3n) is 4.48. The lowest BCUT2D eigenvalue weighted by Crippen LogP contribution is -2.32. The molecule has 2 heterocycles. The number of benzene rings is 1. The van der Waals surface area contributed by atoms with Gasteiger partial charge in [-0.15, -0.1) is 0 Å². The van der Waals surface area contributed by atoms with Crippen molar-refractivity contribution >= 4 is 12.2 Å². The molecule has 1 aliphatic rings.